The number of hydrogen-bond donors (Lipinski definition) is 2. The van der Waals surface area contributed by atoms with Gasteiger partial charge in [0.1, 0.15) is 0 Å². The normalized spacial score (nSPS) is 18.3. The third-order valence-electron chi connectivity index (χ3n) is 5.12. The molecular weight excluding hydrogens is 424 g/mol. The van der Waals surface area contributed by atoms with Gasteiger partial charge in [-0.2, -0.15) is 0 Å². The molecule has 166 valence electrons. The maximum atomic E-state index is 12.8. The Bertz CT molecular complexity index is 1100. The van der Waals surface area contributed by atoms with Crippen molar-refractivity contribution >= 4 is 39.7 Å². The molecule has 2 atom stereocenters. The quantitative estimate of drug-likeness (QED) is 0.592. The van der Waals surface area contributed by atoms with E-state index in [4.69, 9.17) is 4.74 Å². The molecule has 0 saturated carbocycles. The lowest BCUT2D eigenvalue weighted by molar-refractivity contribution is -0.114. The molecular formula is C24H26N4O3S. The van der Waals surface area contributed by atoms with E-state index in [0.29, 0.717) is 16.4 Å². The minimum absolute atomic E-state index is 0.157. The summed E-state index contributed by atoms with van der Waals surface area (Å²) < 4.78 is 5.80. The smallest absolute Gasteiger partial charge is 0.255 e. The molecule has 8 heteroatoms. The number of nitrogens with one attached hydrogen (secondary N) is 2. The Balaban J connectivity index is 1.43. The first-order valence-corrected chi connectivity index (χ1v) is 11.4. The van der Waals surface area contributed by atoms with Crippen LogP contribution in [0.25, 0.3) is 11.3 Å². The van der Waals surface area contributed by atoms with Crippen molar-refractivity contribution in [2.45, 2.75) is 33.0 Å². The molecule has 0 bridgehead atoms. The van der Waals surface area contributed by atoms with E-state index in [1.165, 1.54) is 18.3 Å². The monoisotopic (exact) mass is 450 g/mol. The Morgan fingerprint density at radius 2 is 1.78 bits per heavy atom. The molecule has 2 amide bonds. The highest BCUT2D eigenvalue weighted by Gasteiger charge is 2.22. The summed E-state index contributed by atoms with van der Waals surface area (Å²) in [7, 11) is 0. The number of aromatic nitrogens is 1. The molecule has 2 N–H and O–H groups in total. The van der Waals surface area contributed by atoms with Crippen molar-refractivity contribution < 1.29 is 14.3 Å². The van der Waals surface area contributed by atoms with Crippen LogP contribution >= 0.6 is 11.3 Å². The molecule has 0 aliphatic carbocycles. The fourth-order valence-corrected chi connectivity index (χ4v) is 4.55. The van der Waals surface area contributed by atoms with Gasteiger partial charge in [0.25, 0.3) is 5.91 Å². The van der Waals surface area contributed by atoms with Crippen LogP contribution in [0.5, 0.6) is 0 Å². The van der Waals surface area contributed by atoms with E-state index < -0.39 is 0 Å². The molecule has 1 aromatic heterocycles. The van der Waals surface area contributed by atoms with Crippen LogP contribution in [0, 0.1) is 0 Å². The summed E-state index contributed by atoms with van der Waals surface area (Å²) in [6.45, 7) is 7.27. The van der Waals surface area contributed by atoms with E-state index in [1.807, 2.05) is 53.9 Å². The van der Waals surface area contributed by atoms with E-state index in [1.54, 1.807) is 0 Å². The number of carbonyl (C=O) groups is 2. The lowest BCUT2D eigenvalue weighted by Gasteiger charge is -2.36. The third-order valence-corrected chi connectivity index (χ3v) is 5.88. The van der Waals surface area contributed by atoms with Gasteiger partial charge in [0.05, 0.1) is 17.9 Å². The lowest BCUT2D eigenvalue weighted by Crippen LogP contribution is -2.45. The average molecular weight is 451 g/mol. The molecule has 2 heterocycles. The van der Waals surface area contributed by atoms with E-state index in [2.05, 4.69) is 34.4 Å². The first-order chi connectivity index (χ1) is 15.4. The van der Waals surface area contributed by atoms with Crippen molar-refractivity contribution in [3.63, 3.8) is 0 Å². The SMILES string of the molecule is CC(=O)Nc1nc(-c2cccc(NC(=O)c3ccc(N4C[C@@H](C)O[C@@H](C)C4)cc3)c2)cs1. The predicted molar refractivity (Wildman–Crippen MR) is 128 cm³/mol. The second-order valence-corrected chi connectivity index (χ2v) is 8.82. The molecule has 1 aliphatic rings. The van der Waals surface area contributed by atoms with Crippen molar-refractivity contribution in [1.29, 1.82) is 0 Å². The number of nitrogens with zero attached hydrogens (tertiary/aromatic N) is 2. The Labute approximate surface area is 191 Å². The molecule has 1 aliphatic heterocycles. The number of anilines is 3. The fraction of sp³-hybridized carbons (Fsp3) is 0.292. The van der Waals surface area contributed by atoms with E-state index in [-0.39, 0.29) is 24.0 Å². The molecule has 2 aromatic carbocycles. The van der Waals surface area contributed by atoms with Gasteiger partial charge in [-0.3, -0.25) is 9.59 Å². The molecule has 0 radical (unpaired) electrons. The largest absolute Gasteiger partial charge is 0.372 e. The number of rotatable bonds is 5. The molecule has 1 fully saturated rings. The highest BCUT2D eigenvalue weighted by Crippen LogP contribution is 2.27. The standard InChI is InChI=1S/C24H26N4O3S/c1-15-12-28(13-16(2)31-15)21-9-7-18(8-10-21)23(30)26-20-6-4-5-19(11-20)22-14-32-24(27-22)25-17(3)29/h4-11,14-16H,12-13H2,1-3H3,(H,26,30)(H,25,27,29)/t15-,16+. The van der Waals surface area contributed by atoms with Crippen molar-refractivity contribution in [1.82, 2.24) is 4.98 Å². The highest BCUT2D eigenvalue weighted by atomic mass is 32.1. The Hall–Kier alpha value is -3.23. The maximum absolute atomic E-state index is 12.8. The average Bonchev–Trinajstić information content (AvgIpc) is 3.21. The summed E-state index contributed by atoms with van der Waals surface area (Å²) >= 11 is 1.36. The van der Waals surface area contributed by atoms with Crippen LogP contribution in [0.2, 0.25) is 0 Å². The maximum Gasteiger partial charge on any atom is 0.255 e. The van der Waals surface area contributed by atoms with Crippen LogP contribution in [0.4, 0.5) is 16.5 Å². The van der Waals surface area contributed by atoms with Crippen LogP contribution in [-0.4, -0.2) is 42.1 Å². The fourth-order valence-electron chi connectivity index (χ4n) is 3.79. The number of benzene rings is 2. The summed E-state index contributed by atoms with van der Waals surface area (Å²) in [5, 5.41) is 8.06. The predicted octanol–water partition coefficient (Wildman–Crippen LogP) is 4.63. The van der Waals surface area contributed by atoms with Crippen molar-refractivity contribution in [2.75, 3.05) is 28.6 Å². The van der Waals surface area contributed by atoms with Crippen molar-refractivity contribution in [3.8, 4) is 11.3 Å². The second-order valence-electron chi connectivity index (χ2n) is 7.96. The number of amides is 2. The Morgan fingerprint density at radius 3 is 2.47 bits per heavy atom. The molecule has 0 unspecified atom stereocenters. The van der Waals surface area contributed by atoms with Gasteiger partial charge in [-0.15, -0.1) is 11.3 Å². The van der Waals surface area contributed by atoms with E-state index in [0.717, 1.165) is 30.0 Å². The minimum Gasteiger partial charge on any atom is -0.372 e. The number of hydrogen-bond acceptors (Lipinski definition) is 6. The molecule has 4 rings (SSSR count). The molecule has 1 saturated heterocycles. The van der Waals surface area contributed by atoms with Crippen LogP contribution in [0.1, 0.15) is 31.1 Å². The molecule has 7 nitrogen and oxygen atoms in total. The van der Waals surface area contributed by atoms with Gasteiger partial charge in [-0.05, 0) is 50.2 Å². The molecule has 0 spiro atoms. The summed E-state index contributed by atoms with van der Waals surface area (Å²) in [4.78, 5) is 30.7. The number of thiazole rings is 1. The second kappa shape index (κ2) is 9.50. The van der Waals surface area contributed by atoms with Gasteiger partial charge in [0, 0.05) is 47.9 Å². The third kappa shape index (κ3) is 5.33. The van der Waals surface area contributed by atoms with Crippen LogP contribution in [0.15, 0.2) is 53.9 Å². The van der Waals surface area contributed by atoms with E-state index in [9.17, 15) is 9.59 Å². The Morgan fingerprint density at radius 1 is 1.06 bits per heavy atom. The van der Waals surface area contributed by atoms with Gasteiger partial charge in [-0.1, -0.05) is 12.1 Å². The van der Waals surface area contributed by atoms with Crippen LogP contribution in [0.3, 0.4) is 0 Å². The first kappa shape index (κ1) is 22.0. The zero-order valence-electron chi connectivity index (χ0n) is 18.3. The van der Waals surface area contributed by atoms with Gasteiger partial charge in [0.15, 0.2) is 5.13 Å². The van der Waals surface area contributed by atoms with Gasteiger partial charge >= 0.3 is 0 Å². The first-order valence-electron chi connectivity index (χ1n) is 10.5. The number of ether oxygens (including phenoxy) is 1. The van der Waals surface area contributed by atoms with Gasteiger partial charge in [0.2, 0.25) is 5.91 Å². The number of morpholine rings is 1. The van der Waals surface area contributed by atoms with E-state index >= 15 is 0 Å². The zero-order chi connectivity index (χ0) is 22.7. The summed E-state index contributed by atoms with van der Waals surface area (Å²) in [5.74, 6) is -0.329. The zero-order valence-corrected chi connectivity index (χ0v) is 19.1. The summed E-state index contributed by atoms with van der Waals surface area (Å²) in [6.07, 6.45) is 0.363. The van der Waals surface area contributed by atoms with Gasteiger partial charge in [-0.25, -0.2) is 4.98 Å². The highest BCUT2D eigenvalue weighted by molar-refractivity contribution is 7.14. The molecule has 3 aromatic rings. The topological polar surface area (TPSA) is 83.6 Å². The van der Waals surface area contributed by atoms with Crippen LogP contribution in [-0.2, 0) is 9.53 Å². The Kier molecular flexibility index (Phi) is 6.53. The van der Waals surface area contributed by atoms with Crippen LogP contribution < -0.4 is 15.5 Å². The van der Waals surface area contributed by atoms with Crippen molar-refractivity contribution in [3.05, 3.63) is 59.5 Å². The summed E-state index contributed by atoms with van der Waals surface area (Å²) in [6, 6.07) is 15.2. The number of carbonyl (C=O) groups excluding carboxylic acids is 2. The molecule has 32 heavy (non-hydrogen) atoms. The van der Waals surface area contributed by atoms with Gasteiger partial charge < -0.3 is 20.3 Å². The van der Waals surface area contributed by atoms with Crippen molar-refractivity contribution in [2.24, 2.45) is 0 Å². The minimum atomic E-state index is -0.172. The lowest BCUT2D eigenvalue weighted by atomic mass is 10.1. The summed E-state index contributed by atoms with van der Waals surface area (Å²) in [5.41, 5.74) is 3.97.